The average Bonchev–Trinajstić information content (AvgIpc) is 3.19. The number of hydrogen-bond acceptors (Lipinski definition) is 2. The fourth-order valence-electron chi connectivity index (χ4n) is 7.53. The first-order valence-corrected chi connectivity index (χ1v) is 16.9. The van der Waals surface area contributed by atoms with Crippen LogP contribution in [0.15, 0.2) is 169 Å². The van der Waals surface area contributed by atoms with Gasteiger partial charge in [0.2, 0.25) is 0 Å². The van der Waals surface area contributed by atoms with E-state index in [1.807, 2.05) is 12.3 Å². The number of fused-ring (bicyclic) bond motifs is 6. The van der Waals surface area contributed by atoms with Crippen molar-refractivity contribution in [3.05, 3.63) is 180 Å². The van der Waals surface area contributed by atoms with E-state index in [9.17, 15) is 0 Å². The van der Waals surface area contributed by atoms with Gasteiger partial charge in [-0.15, -0.1) is 0 Å². The van der Waals surface area contributed by atoms with Crippen LogP contribution in [0.2, 0.25) is 0 Å². The molecule has 0 atom stereocenters. The summed E-state index contributed by atoms with van der Waals surface area (Å²) in [7, 11) is 0. The maximum absolute atomic E-state index is 5.08. The molecule has 0 amide bonds. The summed E-state index contributed by atoms with van der Waals surface area (Å²) in [6.45, 7) is 0. The quantitative estimate of drug-likeness (QED) is 0.142. The van der Waals surface area contributed by atoms with Crippen LogP contribution in [0.1, 0.15) is 11.1 Å². The molecule has 9 aromatic rings. The zero-order valence-electron chi connectivity index (χ0n) is 27.1. The van der Waals surface area contributed by atoms with Crippen molar-refractivity contribution in [2.45, 2.75) is 0 Å². The van der Waals surface area contributed by atoms with E-state index < -0.39 is 0 Å². The Morgan fingerprint density at radius 2 is 1.00 bits per heavy atom. The van der Waals surface area contributed by atoms with Crippen LogP contribution >= 0.6 is 0 Å². The highest BCUT2D eigenvalue weighted by molar-refractivity contribution is 6.13. The van der Waals surface area contributed by atoms with Crippen molar-refractivity contribution in [1.82, 2.24) is 9.97 Å². The Kier molecular flexibility index (Phi) is 6.44. The van der Waals surface area contributed by atoms with E-state index in [1.165, 1.54) is 54.9 Å². The Bertz CT molecular complexity index is 2920. The third-order valence-corrected chi connectivity index (χ3v) is 9.95. The molecule has 0 bridgehead atoms. The maximum Gasteiger partial charge on any atom is 0.0972 e. The molecule has 1 aliphatic carbocycles. The Hall–Kier alpha value is -6.82. The lowest BCUT2D eigenvalue weighted by atomic mass is 9.81. The van der Waals surface area contributed by atoms with Gasteiger partial charge in [-0.25, -0.2) is 4.98 Å². The second kappa shape index (κ2) is 11.4. The highest BCUT2D eigenvalue weighted by Crippen LogP contribution is 2.45. The maximum atomic E-state index is 5.08. The molecule has 2 nitrogen and oxygen atoms in total. The second-order valence-electron chi connectivity index (χ2n) is 12.8. The zero-order chi connectivity index (χ0) is 33.0. The molecule has 0 saturated heterocycles. The van der Waals surface area contributed by atoms with Crippen LogP contribution in [-0.4, -0.2) is 9.97 Å². The molecule has 0 N–H and O–H groups in total. The molecule has 0 radical (unpaired) electrons. The zero-order valence-corrected chi connectivity index (χ0v) is 27.1. The van der Waals surface area contributed by atoms with Crippen LogP contribution in [0, 0.1) is 0 Å². The summed E-state index contributed by atoms with van der Waals surface area (Å²) in [5.74, 6) is 0. The van der Waals surface area contributed by atoms with E-state index in [0.29, 0.717) is 0 Å². The fourth-order valence-corrected chi connectivity index (χ4v) is 7.53. The third kappa shape index (κ3) is 4.60. The molecule has 0 saturated carbocycles. The largest absolute Gasteiger partial charge is 0.254 e. The number of rotatable bonds is 4. The van der Waals surface area contributed by atoms with Crippen LogP contribution in [0.4, 0.5) is 0 Å². The van der Waals surface area contributed by atoms with Gasteiger partial charge in [-0.3, -0.25) is 4.98 Å². The van der Waals surface area contributed by atoms with Crippen LogP contribution in [0.25, 0.3) is 100 Å². The second-order valence-corrected chi connectivity index (χ2v) is 12.8. The molecule has 0 unspecified atom stereocenters. The Morgan fingerprint density at radius 3 is 1.82 bits per heavy atom. The molecule has 2 heterocycles. The van der Waals surface area contributed by atoms with E-state index in [1.54, 1.807) is 0 Å². The highest BCUT2D eigenvalue weighted by Gasteiger charge is 2.21. The Balaban J connectivity index is 1.14. The molecular formula is C48H28N2. The van der Waals surface area contributed by atoms with Gasteiger partial charge in [-0.1, -0.05) is 139 Å². The minimum Gasteiger partial charge on any atom is -0.254 e. The van der Waals surface area contributed by atoms with Crippen molar-refractivity contribution in [1.29, 1.82) is 0 Å². The number of pyridine rings is 2. The summed E-state index contributed by atoms with van der Waals surface area (Å²) in [6.07, 6.45) is 6.03. The monoisotopic (exact) mass is 632 g/mol. The van der Waals surface area contributed by atoms with E-state index in [-0.39, 0.29) is 0 Å². The SMILES string of the molecule is C1=C=Cc2c(c(-c3ccc4ccccc4c3)c3ccc(-c4ccc(-c5ccc6ccc7cccnc7c6n5)cc4)cc3c2-c2ccccc2)C=1. The molecule has 7 aromatic carbocycles. The summed E-state index contributed by atoms with van der Waals surface area (Å²) < 4.78 is 0. The first kappa shape index (κ1) is 28.2. The minimum atomic E-state index is 0.928. The lowest BCUT2D eigenvalue weighted by Gasteiger charge is -2.21. The predicted molar refractivity (Wildman–Crippen MR) is 210 cm³/mol. The summed E-state index contributed by atoms with van der Waals surface area (Å²) in [6, 6.07) is 54.3. The standard InChI is InChI=1S/C48H28N2/c1-2-10-34(11-3-1)45-40-14-6-7-15-41(40)46(39-23-18-31-9-4-5-12-37(31)29-39)42-26-24-38(30-43(42)45)32-16-19-33(20-17-32)44-27-25-36-22-21-35-13-8-28-49-47(35)48(36)50-44/h1-5,8-30H. The Morgan fingerprint density at radius 1 is 0.380 bits per heavy atom. The minimum absolute atomic E-state index is 0.928. The van der Waals surface area contributed by atoms with Gasteiger partial charge in [0.1, 0.15) is 0 Å². The topological polar surface area (TPSA) is 25.8 Å². The number of hydrogen-bond donors (Lipinski definition) is 0. The van der Waals surface area contributed by atoms with Gasteiger partial charge in [-0.2, -0.15) is 0 Å². The summed E-state index contributed by atoms with van der Waals surface area (Å²) >= 11 is 0. The lowest BCUT2D eigenvalue weighted by molar-refractivity contribution is 1.37. The molecule has 50 heavy (non-hydrogen) atoms. The van der Waals surface area contributed by atoms with Crippen LogP contribution in [0.5, 0.6) is 0 Å². The third-order valence-electron chi connectivity index (χ3n) is 9.95. The summed E-state index contributed by atoms with van der Waals surface area (Å²) in [5, 5.41) is 7.08. The molecule has 2 heteroatoms. The van der Waals surface area contributed by atoms with E-state index in [2.05, 4.69) is 174 Å². The smallest absolute Gasteiger partial charge is 0.0972 e. The first-order valence-electron chi connectivity index (χ1n) is 16.9. The van der Waals surface area contributed by atoms with Gasteiger partial charge in [0.25, 0.3) is 0 Å². The van der Waals surface area contributed by atoms with Crippen molar-refractivity contribution < 1.29 is 0 Å². The van der Waals surface area contributed by atoms with Crippen molar-refractivity contribution in [3.63, 3.8) is 0 Å². The average molecular weight is 633 g/mol. The van der Waals surface area contributed by atoms with Gasteiger partial charge in [0.15, 0.2) is 0 Å². The fraction of sp³-hybridized carbons (Fsp3) is 0. The Labute approximate surface area is 289 Å². The molecule has 0 fully saturated rings. The lowest BCUT2D eigenvalue weighted by Crippen LogP contribution is -1.97. The predicted octanol–water partition coefficient (Wildman–Crippen LogP) is 12.6. The van der Waals surface area contributed by atoms with Gasteiger partial charge in [0, 0.05) is 22.5 Å². The molecule has 230 valence electrons. The van der Waals surface area contributed by atoms with Gasteiger partial charge >= 0.3 is 0 Å². The van der Waals surface area contributed by atoms with E-state index in [0.717, 1.165) is 44.2 Å². The van der Waals surface area contributed by atoms with Crippen LogP contribution < -0.4 is 0 Å². The number of aromatic nitrogens is 2. The normalized spacial score (nSPS) is 11.9. The molecule has 10 rings (SSSR count). The molecular weight excluding hydrogens is 605 g/mol. The number of nitrogens with zero attached hydrogens (tertiary/aromatic N) is 2. The van der Waals surface area contributed by atoms with Crippen molar-refractivity contribution in [2.24, 2.45) is 0 Å². The highest BCUT2D eigenvalue weighted by atomic mass is 14.7. The summed E-state index contributed by atoms with van der Waals surface area (Å²) in [4.78, 5) is 9.72. The first-order chi connectivity index (χ1) is 24.8. The summed E-state index contributed by atoms with van der Waals surface area (Å²) in [5.41, 5.74) is 19.9. The molecule has 0 spiro atoms. The van der Waals surface area contributed by atoms with Crippen LogP contribution in [0.3, 0.4) is 0 Å². The van der Waals surface area contributed by atoms with Crippen molar-refractivity contribution in [2.75, 3.05) is 0 Å². The molecule has 2 aromatic heterocycles. The van der Waals surface area contributed by atoms with E-state index >= 15 is 0 Å². The van der Waals surface area contributed by atoms with Gasteiger partial charge in [-0.05, 0) is 102 Å². The van der Waals surface area contributed by atoms with Crippen LogP contribution in [-0.2, 0) is 0 Å². The number of benzene rings is 7. The van der Waals surface area contributed by atoms with E-state index in [4.69, 9.17) is 4.98 Å². The van der Waals surface area contributed by atoms with Gasteiger partial charge < -0.3 is 0 Å². The molecule has 0 aliphatic heterocycles. The van der Waals surface area contributed by atoms with Gasteiger partial charge in [0.05, 0.1) is 16.7 Å². The molecule has 1 aliphatic rings. The van der Waals surface area contributed by atoms with Crippen molar-refractivity contribution in [3.8, 4) is 44.6 Å². The van der Waals surface area contributed by atoms with Crippen molar-refractivity contribution >= 4 is 55.5 Å².